The Labute approximate surface area is 366 Å². The second-order valence-electron chi connectivity index (χ2n) is 16.9. The summed E-state index contributed by atoms with van der Waals surface area (Å²) in [5, 5.41) is 29.0. The summed E-state index contributed by atoms with van der Waals surface area (Å²) < 4.78 is 51.6. The lowest BCUT2D eigenvalue weighted by Gasteiger charge is -2.46. The van der Waals surface area contributed by atoms with Crippen LogP contribution in [-0.2, 0) is 16.6 Å². The number of aliphatic hydroxyl groups excluding tert-OH is 1. The van der Waals surface area contributed by atoms with Gasteiger partial charge in [0.2, 0.25) is 5.91 Å². The molecule has 2 aromatic heterocycles. The van der Waals surface area contributed by atoms with Crippen LogP contribution in [0.15, 0.2) is 53.6 Å². The van der Waals surface area contributed by atoms with Crippen molar-refractivity contribution in [3.8, 4) is 17.6 Å². The number of aromatic nitrogens is 4. The van der Waals surface area contributed by atoms with Crippen molar-refractivity contribution in [3.05, 3.63) is 81.9 Å². The van der Waals surface area contributed by atoms with Gasteiger partial charge in [-0.05, 0) is 99.5 Å². The average molecular weight is 883 g/mol. The predicted molar refractivity (Wildman–Crippen MR) is 232 cm³/mol. The number of benzene rings is 3. The molecule has 1 spiro atoms. The van der Waals surface area contributed by atoms with Crippen LogP contribution in [0.3, 0.4) is 0 Å². The third-order valence-corrected chi connectivity index (χ3v) is 14.1. The summed E-state index contributed by atoms with van der Waals surface area (Å²) in [4.78, 5) is 46.5. The SMILES string of the molecule is CCN(C)SNc1ccc(F)c(Oc2ccc3ncn(C4COC5(CCN(C6CCC(c7cc8c(cc7F)c(N7CCC(=O)NC7=O)nn8C)CC6O)CC5)C4)c(=O)c3c2)c1C#N. The van der Waals surface area contributed by atoms with Crippen molar-refractivity contribution in [2.45, 2.75) is 81.6 Å². The molecule has 3 aliphatic heterocycles. The third-order valence-electron chi connectivity index (χ3n) is 13.2. The molecule has 330 valence electrons. The van der Waals surface area contributed by atoms with E-state index in [-0.39, 0.29) is 59.5 Å². The van der Waals surface area contributed by atoms with E-state index in [0.717, 1.165) is 19.4 Å². The lowest BCUT2D eigenvalue weighted by Crippen LogP contribution is -2.53. The van der Waals surface area contributed by atoms with Crippen LogP contribution in [0.1, 0.15) is 75.0 Å². The lowest BCUT2D eigenvalue weighted by molar-refractivity contribution is -0.120. The van der Waals surface area contributed by atoms with E-state index in [2.05, 4.69) is 25.0 Å². The number of imide groups is 1. The number of likely N-dealkylation sites (tertiary alicyclic amines) is 1. The fourth-order valence-electron chi connectivity index (χ4n) is 9.60. The van der Waals surface area contributed by atoms with E-state index in [9.17, 15) is 24.8 Å². The molecular weight excluding hydrogens is 835 g/mol. The number of nitrogens with zero attached hydrogens (tertiary/aromatic N) is 8. The summed E-state index contributed by atoms with van der Waals surface area (Å²) in [6.07, 6.45) is 4.81. The first-order valence-corrected chi connectivity index (χ1v) is 22.0. The van der Waals surface area contributed by atoms with Gasteiger partial charge in [0.05, 0.1) is 52.8 Å². The number of piperidine rings is 1. The average Bonchev–Trinajstić information content (AvgIpc) is 3.83. The molecule has 16 nitrogen and oxygen atoms in total. The van der Waals surface area contributed by atoms with Crippen molar-refractivity contribution in [2.24, 2.45) is 7.05 Å². The molecule has 9 rings (SSSR count). The van der Waals surface area contributed by atoms with E-state index in [1.807, 2.05) is 24.3 Å². The number of anilines is 2. The fourth-order valence-corrected chi connectivity index (χ4v) is 10.2. The van der Waals surface area contributed by atoms with Gasteiger partial charge in [0.1, 0.15) is 23.2 Å². The zero-order valence-electron chi connectivity index (χ0n) is 35.1. The van der Waals surface area contributed by atoms with Crippen molar-refractivity contribution in [3.63, 3.8) is 0 Å². The molecule has 5 heterocycles. The summed E-state index contributed by atoms with van der Waals surface area (Å²) in [6.45, 7) is 4.60. The van der Waals surface area contributed by atoms with Gasteiger partial charge in [-0.2, -0.15) is 10.4 Å². The van der Waals surface area contributed by atoms with E-state index >= 15 is 8.78 Å². The Bertz CT molecular complexity index is 2720. The Morgan fingerprint density at radius 1 is 1.10 bits per heavy atom. The molecule has 1 saturated carbocycles. The van der Waals surface area contributed by atoms with Crippen LogP contribution < -0.4 is 25.2 Å². The summed E-state index contributed by atoms with van der Waals surface area (Å²) in [5.74, 6) is -1.46. The van der Waals surface area contributed by atoms with Crippen molar-refractivity contribution >= 4 is 57.4 Å². The van der Waals surface area contributed by atoms with Crippen molar-refractivity contribution in [2.75, 3.05) is 49.5 Å². The van der Waals surface area contributed by atoms with Gasteiger partial charge in [-0.25, -0.2) is 22.9 Å². The first kappa shape index (κ1) is 42.6. The summed E-state index contributed by atoms with van der Waals surface area (Å²) in [5.41, 5.74) is 1.28. The number of halogens is 2. The highest BCUT2D eigenvalue weighted by atomic mass is 32.2. The number of fused-ring (bicyclic) bond motifs is 2. The number of carbonyl (C=O) groups excluding carboxylic acids is 2. The van der Waals surface area contributed by atoms with Crippen molar-refractivity contribution in [1.82, 2.24) is 33.9 Å². The zero-order chi connectivity index (χ0) is 44.2. The molecule has 19 heteroatoms. The maximum Gasteiger partial charge on any atom is 0.329 e. The van der Waals surface area contributed by atoms with Gasteiger partial charge in [-0.1, -0.05) is 6.92 Å². The maximum atomic E-state index is 15.9. The van der Waals surface area contributed by atoms with E-state index in [1.165, 1.54) is 41.3 Å². The Balaban J connectivity index is 0.839. The van der Waals surface area contributed by atoms with Crippen molar-refractivity contribution < 1.29 is 33.0 Å². The van der Waals surface area contributed by atoms with Gasteiger partial charge in [0, 0.05) is 63.2 Å². The minimum absolute atomic E-state index is 0.00458. The van der Waals surface area contributed by atoms with Gasteiger partial charge in [-0.3, -0.25) is 34.0 Å². The molecule has 0 radical (unpaired) electrons. The monoisotopic (exact) mass is 882 g/mol. The number of hydrogen-bond donors (Lipinski definition) is 3. The van der Waals surface area contributed by atoms with E-state index in [4.69, 9.17) is 9.47 Å². The normalized spacial score (nSPS) is 22.9. The minimum atomic E-state index is -0.714. The molecule has 4 atom stereocenters. The largest absolute Gasteiger partial charge is 0.453 e. The minimum Gasteiger partial charge on any atom is -0.453 e. The molecule has 4 aliphatic rings. The van der Waals surface area contributed by atoms with Gasteiger partial charge in [0.25, 0.3) is 5.56 Å². The van der Waals surface area contributed by atoms with Gasteiger partial charge in [0.15, 0.2) is 17.4 Å². The molecule has 4 fully saturated rings. The Morgan fingerprint density at radius 2 is 1.90 bits per heavy atom. The fraction of sp³-hybridized carbons (Fsp3) is 0.455. The second-order valence-corrected chi connectivity index (χ2v) is 17.9. The number of hydrogen-bond acceptors (Lipinski definition) is 13. The van der Waals surface area contributed by atoms with Gasteiger partial charge in [-0.15, -0.1) is 0 Å². The Hall–Kier alpha value is -5.65. The van der Waals surface area contributed by atoms with E-state index in [1.54, 1.807) is 40.8 Å². The standard InChI is InChI=1S/C44H48F2N10O6S/c1-4-52(2)63-51-35-9-7-32(45)40(31(35)22-47)62-27-6-8-34-29(18-27)42(59)56(24-48-34)26-21-44(61-23-26)12-15-54(16-13-44)36-10-5-25(17-38(36)57)28-20-37-30(19-33(28)46)41(50-53(37)3)55-14-11-39(58)49-43(55)60/h6-9,18-20,24-26,36,38,51,57H,4-5,10-17,21,23H2,1-3H3,(H,49,58,60). The number of aliphatic hydroxyl groups is 1. The van der Waals surface area contributed by atoms with E-state index in [0.29, 0.717) is 84.3 Å². The molecule has 3 saturated heterocycles. The molecular formula is C44H48F2N10O6S. The lowest BCUT2D eigenvalue weighted by atomic mass is 9.78. The molecule has 1 aliphatic carbocycles. The van der Waals surface area contributed by atoms with Crippen LogP contribution >= 0.6 is 12.1 Å². The van der Waals surface area contributed by atoms with Crippen molar-refractivity contribution in [1.29, 1.82) is 5.26 Å². The predicted octanol–water partition coefficient (Wildman–Crippen LogP) is 6.09. The Morgan fingerprint density at radius 3 is 2.65 bits per heavy atom. The molecule has 3 N–H and O–H groups in total. The number of amides is 3. The van der Waals surface area contributed by atoms with Gasteiger partial charge < -0.3 is 19.3 Å². The quantitative estimate of drug-likeness (QED) is 0.137. The highest BCUT2D eigenvalue weighted by Crippen LogP contribution is 2.44. The van der Waals surface area contributed by atoms with Crippen LogP contribution in [-0.4, -0.2) is 103 Å². The summed E-state index contributed by atoms with van der Waals surface area (Å²) >= 11 is 1.27. The van der Waals surface area contributed by atoms with Gasteiger partial charge >= 0.3 is 6.03 Å². The van der Waals surface area contributed by atoms with Crippen LogP contribution in [0.4, 0.5) is 25.1 Å². The smallest absolute Gasteiger partial charge is 0.329 e. The number of nitriles is 1. The number of rotatable bonds is 10. The maximum absolute atomic E-state index is 15.9. The summed E-state index contributed by atoms with van der Waals surface area (Å²) in [7, 11) is 3.61. The third kappa shape index (κ3) is 8.10. The van der Waals surface area contributed by atoms with Crippen LogP contribution in [0.25, 0.3) is 21.8 Å². The Kier molecular flexibility index (Phi) is 11.6. The van der Waals surface area contributed by atoms with Crippen LogP contribution in [0, 0.1) is 23.0 Å². The number of carbonyl (C=O) groups is 2. The van der Waals surface area contributed by atoms with Crippen LogP contribution in [0.2, 0.25) is 0 Å². The topological polar surface area (TPSA) is 183 Å². The zero-order valence-corrected chi connectivity index (χ0v) is 36.0. The molecule has 4 unspecified atom stereocenters. The number of ether oxygens (including phenoxy) is 2. The molecule has 0 bridgehead atoms. The van der Waals surface area contributed by atoms with Crippen LogP contribution in [0.5, 0.6) is 11.5 Å². The second kappa shape index (κ2) is 17.1. The number of nitrogens with one attached hydrogen (secondary N) is 2. The first-order valence-electron chi connectivity index (χ1n) is 21.2. The van der Waals surface area contributed by atoms with E-state index < -0.39 is 29.4 Å². The molecule has 63 heavy (non-hydrogen) atoms. The number of aryl methyl sites for hydroxylation is 1. The summed E-state index contributed by atoms with van der Waals surface area (Å²) in [6, 6.07) is 11.7. The highest BCUT2D eigenvalue weighted by Gasteiger charge is 2.46. The molecule has 5 aromatic rings. The molecule has 3 aromatic carbocycles. The molecule has 3 amide bonds. The highest BCUT2D eigenvalue weighted by molar-refractivity contribution is 7.98. The number of urea groups is 1. The first-order chi connectivity index (χ1) is 30.3.